The van der Waals surface area contributed by atoms with Crippen LogP contribution in [0.5, 0.6) is 0 Å². The van der Waals surface area contributed by atoms with Gasteiger partial charge in [-0.15, -0.1) is 0 Å². The molecule has 0 aliphatic heterocycles. The topological polar surface area (TPSA) is 17.1 Å². The highest BCUT2D eigenvalue weighted by atomic mass is 16.1. The predicted molar refractivity (Wildman–Crippen MR) is 128 cm³/mol. The van der Waals surface area contributed by atoms with E-state index in [4.69, 9.17) is 0 Å². The summed E-state index contributed by atoms with van der Waals surface area (Å²) in [5.74, 6) is 4.76. The van der Waals surface area contributed by atoms with E-state index >= 15 is 0 Å². The summed E-state index contributed by atoms with van der Waals surface area (Å²) in [5.41, 5.74) is 2.66. The van der Waals surface area contributed by atoms with Gasteiger partial charge >= 0.3 is 0 Å². The molecular formula is C30H48O. The average molecular weight is 425 g/mol. The molecule has 0 radical (unpaired) electrons. The van der Waals surface area contributed by atoms with Gasteiger partial charge in [0.25, 0.3) is 0 Å². The number of carbonyl (C=O) groups is 1. The van der Waals surface area contributed by atoms with Crippen LogP contribution in [0.2, 0.25) is 0 Å². The Kier molecular flexibility index (Phi) is 3.99. The van der Waals surface area contributed by atoms with Gasteiger partial charge in [-0.05, 0) is 121 Å². The van der Waals surface area contributed by atoms with Crippen LogP contribution >= 0.6 is 0 Å². The maximum Gasteiger partial charge on any atom is 0.138 e. The van der Waals surface area contributed by atoms with Gasteiger partial charge in [-0.25, -0.2) is 0 Å². The lowest BCUT2D eigenvalue weighted by molar-refractivity contribution is -0.207. The fraction of sp³-hybridized carbons (Fsp3) is 0.967. The van der Waals surface area contributed by atoms with Gasteiger partial charge < -0.3 is 0 Å². The molecule has 6 rings (SSSR count). The molecule has 0 N–H and O–H groups in total. The van der Waals surface area contributed by atoms with Gasteiger partial charge in [0.2, 0.25) is 0 Å². The summed E-state index contributed by atoms with van der Waals surface area (Å²) in [7, 11) is 0. The van der Waals surface area contributed by atoms with E-state index in [2.05, 4.69) is 48.5 Å². The molecule has 1 nitrogen and oxygen atoms in total. The van der Waals surface area contributed by atoms with Crippen molar-refractivity contribution in [3.63, 3.8) is 0 Å². The maximum atomic E-state index is 12.9. The Bertz CT molecular complexity index is 826. The first-order chi connectivity index (χ1) is 14.4. The Hall–Kier alpha value is -0.330. The van der Waals surface area contributed by atoms with Gasteiger partial charge in [0.1, 0.15) is 5.78 Å². The zero-order valence-electron chi connectivity index (χ0n) is 21.6. The summed E-state index contributed by atoms with van der Waals surface area (Å²) in [6.45, 7) is 17.9. The Morgan fingerprint density at radius 3 is 2.23 bits per heavy atom. The normalized spacial score (nSPS) is 61.9. The Labute approximate surface area is 191 Å². The molecule has 0 saturated heterocycles. The molecule has 6 aliphatic rings. The molecule has 0 unspecified atom stereocenters. The molecule has 1 heteroatoms. The number of hydrogen-bond acceptors (Lipinski definition) is 1. The standard InChI is InChI=1S/C30H48O/c1-19-8-12-26(5)16-17-30-18-29(30,24(26)20(19)2)15-10-22-27(6)13-11-23(31)25(3,4)21(27)9-14-28(22,30)7/h19-22,24H,8-18H2,1-7H3/t19-,20+,21+,22-,24-,26-,27+,28-,29+,30-/m1/s1. The van der Waals surface area contributed by atoms with Crippen LogP contribution in [0, 0.1) is 62.1 Å². The van der Waals surface area contributed by atoms with Crippen LogP contribution < -0.4 is 0 Å². The van der Waals surface area contributed by atoms with Crippen molar-refractivity contribution < 1.29 is 4.79 Å². The molecule has 174 valence electrons. The second kappa shape index (κ2) is 5.83. The van der Waals surface area contributed by atoms with Gasteiger partial charge in [-0.3, -0.25) is 4.79 Å². The van der Waals surface area contributed by atoms with Gasteiger partial charge in [0.05, 0.1) is 0 Å². The van der Waals surface area contributed by atoms with Crippen LogP contribution in [0.15, 0.2) is 0 Å². The van der Waals surface area contributed by atoms with Crippen molar-refractivity contribution in [1.82, 2.24) is 0 Å². The minimum atomic E-state index is -0.109. The van der Waals surface area contributed by atoms with Crippen molar-refractivity contribution in [3.8, 4) is 0 Å². The van der Waals surface area contributed by atoms with Crippen LogP contribution in [0.3, 0.4) is 0 Å². The van der Waals surface area contributed by atoms with Crippen molar-refractivity contribution >= 4 is 5.78 Å². The summed E-state index contributed by atoms with van der Waals surface area (Å²) < 4.78 is 0. The lowest BCUT2D eigenvalue weighted by atomic mass is 9.35. The molecule has 0 heterocycles. The summed E-state index contributed by atoms with van der Waals surface area (Å²) in [4.78, 5) is 12.9. The van der Waals surface area contributed by atoms with Crippen LogP contribution in [-0.2, 0) is 4.79 Å². The van der Waals surface area contributed by atoms with E-state index in [-0.39, 0.29) is 5.41 Å². The average Bonchev–Trinajstić information content (AvgIpc) is 3.39. The van der Waals surface area contributed by atoms with E-state index in [1.54, 1.807) is 6.42 Å². The summed E-state index contributed by atoms with van der Waals surface area (Å²) in [6, 6.07) is 0. The summed E-state index contributed by atoms with van der Waals surface area (Å²) in [5, 5.41) is 0. The number of carbonyl (C=O) groups excluding carboxylic acids is 1. The molecule has 0 aromatic carbocycles. The third-order valence-corrected chi connectivity index (χ3v) is 14.3. The molecule has 10 atom stereocenters. The van der Waals surface area contributed by atoms with E-state index < -0.39 is 0 Å². The highest BCUT2D eigenvalue weighted by Crippen LogP contribution is 2.91. The number of Topliss-reactive ketones (excluding diaryl/α,β-unsaturated/α-hetero) is 1. The van der Waals surface area contributed by atoms with Gasteiger partial charge in [-0.2, -0.15) is 0 Å². The molecular weight excluding hydrogens is 376 g/mol. The molecule has 6 fully saturated rings. The first kappa shape index (κ1) is 21.2. The summed E-state index contributed by atoms with van der Waals surface area (Å²) in [6.07, 6.45) is 15.1. The molecule has 0 spiro atoms. The minimum Gasteiger partial charge on any atom is -0.299 e. The second-order valence-electron chi connectivity index (χ2n) is 15.2. The molecule has 31 heavy (non-hydrogen) atoms. The van der Waals surface area contributed by atoms with Crippen molar-refractivity contribution in [3.05, 3.63) is 0 Å². The van der Waals surface area contributed by atoms with Crippen LogP contribution in [-0.4, -0.2) is 5.78 Å². The van der Waals surface area contributed by atoms with Crippen molar-refractivity contribution in [2.75, 3.05) is 0 Å². The van der Waals surface area contributed by atoms with Gasteiger partial charge in [-0.1, -0.05) is 48.5 Å². The maximum absolute atomic E-state index is 12.9. The lowest BCUT2D eigenvalue weighted by Gasteiger charge is -2.69. The number of hydrogen-bond donors (Lipinski definition) is 0. The third kappa shape index (κ3) is 2.16. The van der Waals surface area contributed by atoms with Crippen LogP contribution in [0.4, 0.5) is 0 Å². The van der Waals surface area contributed by atoms with E-state index in [0.717, 1.165) is 36.5 Å². The quantitative estimate of drug-likeness (QED) is 0.384. The first-order valence-electron chi connectivity index (χ1n) is 13.9. The molecule has 0 aromatic heterocycles. The smallest absolute Gasteiger partial charge is 0.138 e. The number of ketones is 1. The Morgan fingerprint density at radius 1 is 0.774 bits per heavy atom. The fourth-order valence-corrected chi connectivity index (χ4v) is 12.6. The van der Waals surface area contributed by atoms with Crippen molar-refractivity contribution in [2.24, 2.45) is 62.1 Å². The second-order valence-corrected chi connectivity index (χ2v) is 15.2. The SMILES string of the molecule is C[C@H]1[C@H](C)CC[C@]2(C)CC[C@]34C[C@@]3(CC[C@@H]3[C@@]5(C)CCC(=O)C(C)(C)[C@@H]5CC[C@]34C)[C@H]12. The van der Waals surface area contributed by atoms with Crippen LogP contribution in [0.25, 0.3) is 0 Å². The molecule has 0 aromatic rings. The Balaban J connectivity index is 1.41. The highest BCUT2D eigenvalue weighted by Gasteiger charge is 2.84. The predicted octanol–water partition coefficient (Wildman–Crippen LogP) is 8.07. The molecule has 6 saturated carbocycles. The molecule has 0 bridgehead atoms. The summed E-state index contributed by atoms with van der Waals surface area (Å²) >= 11 is 0. The van der Waals surface area contributed by atoms with E-state index in [0.29, 0.717) is 38.8 Å². The fourth-order valence-electron chi connectivity index (χ4n) is 12.6. The third-order valence-electron chi connectivity index (χ3n) is 14.3. The first-order valence-corrected chi connectivity index (χ1v) is 13.9. The zero-order valence-corrected chi connectivity index (χ0v) is 21.6. The van der Waals surface area contributed by atoms with Crippen molar-refractivity contribution in [2.45, 2.75) is 119 Å². The van der Waals surface area contributed by atoms with Crippen LogP contribution in [0.1, 0.15) is 119 Å². The minimum absolute atomic E-state index is 0.109. The van der Waals surface area contributed by atoms with Gasteiger partial charge in [0.15, 0.2) is 0 Å². The number of rotatable bonds is 0. The Morgan fingerprint density at radius 2 is 1.48 bits per heavy atom. The van der Waals surface area contributed by atoms with Gasteiger partial charge in [0, 0.05) is 11.8 Å². The lowest BCUT2D eigenvalue weighted by Crippen LogP contribution is -2.63. The number of fused-ring (bicyclic) bond motifs is 4. The van der Waals surface area contributed by atoms with E-state index in [1.165, 1.54) is 51.4 Å². The zero-order chi connectivity index (χ0) is 22.2. The largest absolute Gasteiger partial charge is 0.299 e. The monoisotopic (exact) mass is 424 g/mol. The van der Waals surface area contributed by atoms with E-state index in [1.807, 2.05) is 0 Å². The molecule has 6 aliphatic carbocycles. The van der Waals surface area contributed by atoms with Crippen molar-refractivity contribution in [1.29, 1.82) is 0 Å². The van der Waals surface area contributed by atoms with E-state index in [9.17, 15) is 4.79 Å². The highest BCUT2D eigenvalue weighted by molar-refractivity contribution is 5.85. The molecule has 0 amide bonds.